The number of anilines is 1. The van der Waals surface area contributed by atoms with E-state index in [2.05, 4.69) is 28.1 Å². The number of nitrogens with zero attached hydrogens (tertiary/aromatic N) is 3. The zero-order valence-electron chi connectivity index (χ0n) is 16.1. The normalized spacial score (nSPS) is 26.9. The van der Waals surface area contributed by atoms with Gasteiger partial charge in [0.15, 0.2) is 9.84 Å². The topological polar surface area (TPSA) is 71.9 Å². The number of sulfone groups is 1. The minimum Gasteiger partial charge on any atom is -0.490 e. The molecule has 4 heterocycles. The molecule has 2 atom stereocenters. The van der Waals surface area contributed by atoms with Crippen molar-refractivity contribution < 1.29 is 13.2 Å². The second-order valence-corrected chi connectivity index (χ2v) is 10.8. The highest BCUT2D eigenvalue weighted by Crippen LogP contribution is 2.35. The van der Waals surface area contributed by atoms with Crippen LogP contribution in [0.3, 0.4) is 0 Å². The van der Waals surface area contributed by atoms with Crippen LogP contribution < -0.4 is 9.64 Å². The minimum absolute atomic E-state index is 0.0397. The largest absolute Gasteiger partial charge is 0.490 e. The Morgan fingerprint density at radius 2 is 2.00 bits per heavy atom. The van der Waals surface area contributed by atoms with Crippen molar-refractivity contribution in [2.75, 3.05) is 23.0 Å². The van der Waals surface area contributed by atoms with Crippen LogP contribution in [0.1, 0.15) is 36.0 Å². The van der Waals surface area contributed by atoms with E-state index in [9.17, 15) is 8.42 Å². The molecule has 4 aliphatic rings. The molecule has 6 nitrogen and oxygen atoms in total. The first kappa shape index (κ1) is 17.4. The predicted octanol–water partition coefficient (Wildman–Crippen LogP) is 2.60. The molecule has 2 bridgehead atoms. The van der Waals surface area contributed by atoms with Gasteiger partial charge in [0, 0.05) is 29.9 Å². The fraction of sp³-hybridized carbons (Fsp3) is 0.455. The molecule has 6 rings (SSSR count). The van der Waals surface area contributed by atoms with E-state index < -0.39 is 9.84 Å². The van der Waals surface area contributed by atoms with Crippen LogP contribution in [0.5, 0.6) is 5.75 Å². The number of fused-ring (bicyclic) bond motifs is 3. The minimum atomic E-state index is -2.94. The molecule has 150 valence electrons. The summed E-state index contributed by atoms with van der Waals surface area (Å²) in [5, 5.41) is 0. The van der Waals surface area contributed by atoms with Gasteiger partial charge in [-0.2, -0.15) is 0 Å². The summed E-state index contributed by atoms with van der Waals surface area (Å²) < 4.78 is 30.2. The summed E-state index contributed by atoms with van der Waals surface area (Å²) in [5.41, 5.74) is 4.34. The van der Waals surface area contributed by atoms with Gasteiger partial charge in [-0.25, -0.2) is 13.4 Å². The van der Waals surface area contributed by atoms with E-state index in [4.69, 9.17) is 9.73 Å². The highest BCUT2D eigenvalue weighted by molar-refractivity contribution is 7.91. The third-order valence-corrected chi connectivity index (χ3v) is 8.19. The molecule has 1 aromatic carbocycles. The smallest absolute Gasteiger partial charge is 0.152 e. The molecule has 29 heavy (non-hydrogen) atoms. The lowest BCUT2D eigenvalue weighted by atomic mass is 10.0. The summed E-state index contributed by atoms with van der Waals surface area (Å²) in [7, 11) is -2.94. The van der Waals surface area contributed by atoms with Crippen LogP contribution in [-0.2, 0) is 16.4 Å². The second-order valence-electron chi connectivity index (χ2n) is 8.69. The van der Waals surface area contributed by atoms with Crippen LogP contribution in [0.4, 0.5) is 5.82 Å². The number of hydrogen-bond donors (Lipinski definition) is 0. The van der Waals surface area contributed by atoms with E-state index in [0.717, 1.165) is 54.2 Å². The third-order valence-electron chi connectivity index (χ3n) is 6.32. The van der Waals surface area contributed by atoms with Crippen molar-refractivity contribution in [3.8, 4) is 5.75 Å². The van der Waals surface area contributed by atoms with Crippen molar-refractivity contribution in [3.63, 3.8) is 0 Å². The maximum absolute atomic E-state index is 12.1. The van der Waals surface area contributed by atoms with Gasteiger partial charge >= 0.3 is 0 Å². The van der Waals surface area contributed by atoms with Crippen LogP contribution in [0.25, 0.3) is 0 Å². The van der Waals surface area contributed by atoms with E-state index in [1.165, 1.54) is 5.56 Å². The van der Waals surface area contributed by atoms with Gasteiger partial charge in [0.1, 0.15) is 11.6 Å². The molecule has 2 aromatic rings. The first-order valence-corrected chi connectivity index (χ1v) is 12.1. The fourth-order valence-electron chi connectivity index (χ4n) is 4.88. The summed E-state index contributed by atoms with van der Waals surface area (Å²) in [6, 6.07) is 10.4. The number of rotatable bonds is 4. The molecule has 0 spiro atoms. The molecule has 3 fully saturated rings. The molecule has 1 aliphatic carbocycles. The van der Waals surface area contributed by atoms with Crippen molar-refractivity contribution in [1.29, 1.82) is 0 Å². The number of ether oxygens (including phenoxy) is 1. The first-order valence-electron chi connectivity index (χ1n) is 10.3. The molecule has 3 aliphatic heterocycles. The maximum atomic E-state index is 12.1. The zero-order valence-corrected chi connectivity index (χ0v) is 16.9. The summed E-state index contributed by atoms with van der Waals surface area (Å²) in [6.45, 7) is 1.45. The number of aromatic nitrogens is 1. The van der Waals surface area contributed by atoms with Gasteiger partial charge in [0.05, 0.1) is 29.9 Å². The average molecular weight is 410 g/mol. The Kier molecular flexibility index (Phi) is 3.79. The van der Waals surface area contributed by atoms with Crippen molar-refractivity contribution in [2.45, 2.75) is 38.0 Å². The lowest BCUT2D eigenvalue weighted by Crippen LogP contribution is -2.36. The molecule has 2 unspecified atom stereocenters. The van der Waals surface area contributed by atoms with Gasteiger partial charge in [0.25, 0.3) is 0 Å². The van der Waals surface area contributed by atoms with Crippen molar-refractivity contribution in [1.82, 2.24) is 4.98 Å². The molecule has 1 saturated carbocycles. The quantitative estimate of drug-likeness (QED) is 0.776. The molecule has 0 amide bonds. The molecule has 2 saturated heterocycles. The van der Waals surface area contributed by atoms with Crippen LogP contribution >= 0.6 is 0 Å². The van der Waals surface area contributed by atoms with E-state index in [1.807, 2.05) is 18.3 Å². The van der Waals surface area contributed by atoms with Crippen molar-refractivity contribution in [3.05, 3.63) is 53.2 Å². The Balaban J connectivity index is 1.31. The summed E-state index contributed by atoms with van der Waals surface area (Å²) in [5.74, 6) is 2.53. The van der Waals surface area contributed by atoms with Gasteiger partial charge in [-0.05, 0) is 55.0 Å². The first-order chi connectivity index (χ1) is 14.0. The van der Waals surface area contributed by atoms with E-state index in [-0.39, 0.29) is 17.7 Å². The number of pyridine rings is 1. The molecule has 1 aromatic heterocycles. The number of benzene rings is 1. The summed E-state index contributed by atoms with van der Waals surface area (Å²) in [4.78, 5) is 11.5. The SMILES string of the molecule is O=S1(=O)CC2CC(C1)N(c1cc(C3=NCc4ccc(OC5CC5)cc43)ccn1)C2. The Bertz CT molecular complexity index is 1120. The Labute approximate surface area is 170 Å². The van der Waals surface area contributed by atoms with Gasteiger partial charge in [-0.15, -0.1) is 0 Å². The van der Waals surface area contributed by atoms with Crippen molar-refractivity contribution in [2.24, 2.45) is 10.9 Å². The summed E-state index contributed by atoms with van der Waals surface area (Å²) >= 11 is 0. The van der Waals surface area contributed by atoms with Crippen LogP contribution in [0.2, 0.25) is 0 Å². The van der Waals surface area contributed by atoms with E-state index in [0.29, 0.717) is 18.4 Å². The van der Waals surface area contributed by atoms with Crippen LogP contribution in [-0.4, -0.2) is 49.3 Å². The van der Waals surface area contributed by atoms with Gasteiger partial charge in [-0.3, -0.25) is 4.99 Å². The highest BCUT2D eigenvalue weighted by Gasteiger charge is 2.42. The van der Waals surface area contributed by atoms with E-state index >= 15 is 0 Å². The highest BCUT2D eigenvalue weighted by atomic mass is 32.2. The summed E-state index contributed by atoms with van der Waals surface area (Å²) in [6.07, 6.45) is 5.40. The molecule has 0 N–H and O–H groups in total. The zero-order chi connectivity index (χ0) is 19.6. The predicted molar refractivity (Wildman–Crippen MR) is 112 cm³/mol. The van der Waals surface area contributed by atoms with Crippen LogP contribution in [0.15, 0.2) is 41.5 Å². The fourth-order valence-corrected chi connectivity index (χ4v) is 6.88. The monoisotopic (exact) mass is 409 g/mol. The second kappa shape index (κ2) is 6.29. The standard InChI is InChI=1S/C22H23N3O3S/c26-29(27)12-14-7-17(13-29)25(11-14)21-8-15(5-6-23-21)22-20-9-19(28-18-3-4-18)2-1-16(20)10-24-22/h1-2,5-6,8-9,14,17-18H,3-4,7,10-13H2. The Morgan fingerprint density at radius 3 is 2.86 bits per heavy atom. The lowest BCUT2D eigenvalue weighted by molar-refractivity contribution is 0.303. The maximum Gasteiger partial charge on any atom is 0.152 e. The molecule has 0 radical (unpaired) electrons. The van der Waals surface area contributed by atoms with Gasteiger partial charge < -0.3 is 9.64 Å². The molecular formula is C22H23N3O3S. The Hall–Kier alpha value is -2.41. The van der Waals surface area contributed by atoms with Crippen molar-refractivity contribution >= 4 is 21.4 Å². The molecular weight excluding hydrogens is 386 g/mol. The van der Waals surface area contributed by atoms with Gasteiger partial charge in [-0.1, -0.05) is 6.07 Å². The Morgan fingerprint density at radius 1 is 1.10 bits per heavy atom. The average Bonchev–Trinajstić information content (AvgIpc) is 3.31. The number of hydrogen-bond acceptors (Lipinski definition) is 6. The van der Waals surface area contributed by atoms with E-state index in [1.54, 1.807) is 0 Å². The number of aliphatic imine (C=N–C) groups is 1. The lowest BCUT2D eigenvalue weighted by Gasteiger charge is -2.25. The van der Waals surface area contributed by atoms with Gasteiger partial charge in [0.2, 0.25) is 0 Å². The van der Waals surface area contributed by atoms with Crippen LogP contribution in [0, 0.1) is 5.92 Å². The third kappa shape index (κ3) is 3.21. The molecule has 7 heteroatoms.